The van der Waals surface area contributed by atoms with Gasteiger partial charge in [0, 0.05) is 0 Å². The summed E-state index contributed by atoms with van der Waals surface area (Å²) in [6, 6.07) is 0. The highest BCUT2D eigenvalue weighted by molar-refractivity contribution is 4.96. The summed E-state index contributed by atoms with van der Waals surface area (Å²) in [4.78, 5) is 0. The van der Waals surface area contributed by atoms with E-state index in [0.717, 1.165) is 0 Å². The number of ether oxygens (including phenoxy) is 6. The minimum atomic E-state index is -1.89. The molecule has 0 aromatic rings. The van der Waals surface area contributed by atoms with Gasteiger partial charge >= 0.3 is 0 Å². The SMILES string of the molecule is C=CCCCO[C@@H]1O[C@H](CO)[C@@H](O[C@@H]2O[C@H](CO)[C@H](O[C@H]3O[C@H](CO)[C@H](O)[C@H](O)[C@H]3O)[C@H](O)[C@H]2O)[C@H](O)[C@H]1O. The van der Waals surface area contributed by atoms with E-state index in [0.29, 0.717) is 12.8 Å². The summed E-state index contributed by atoms with van der Waals surface area (Å²) in [7, 11) is 0. The molecule has 3 saturated heterocycles. The van der Waals surface area contributed by atoms with Gasteiger partial charge in [0.2, 0.25) is 0 Å². The van der Waals surface area contributed by atoms with Crippen LogP contribution in [0.25, 0.3) is 0 Å². The van der Waals surface area contributed by atoms with E-state index >= 15 is 0 Å². The van der Waals surface area contributed by atoms with Crippen LogP contribution in [-0.4, -0.2) is 170 Å². The zero-order chi connectivity index (χ0) is 28.9. The van der Waals surface area contributed by atoms with E-state index < -0.39 is 112 Å². The lowest BCUT2D eigenvalue weighted by Gasteiger charge is -2.48. The van der Waals surface area contributed by atoms with Gasteiger partial charge in [0.05, 0.1) is 26.4 Å². The molecule has 3 aliphatic rings. The van der Waals surface area contributed by atoms with Gasteiger partial charge in [-0.1, -0.05) is 6.08 Å². The molecular formula is C23H40O16. The van der Waals surface area contributed by atoms with E-state index in [9.17, 15) is 51.1 Å². The molecule has 10 N–H and O–H groups in total. The van der Waals surface area contributed by atoms with Crippen molar-refractivity contribution in [2.75, 3.05) is 26.4 Å². The van der Waals surface area contributed by atoms with Crippen LogP contribution in [0.2, 0.25) is 0 Å². The fourth-order valence-corrected chi connectivity index (χ4v) is 4.61. The Balaban J connectivity index is 1.67. The van der Waals surface area contributed by atoms with Crippen LogP contribution in [0.15, 0.2) is 12.7 Å². The zero-order valence-corrected chi connectivity index (χ0v) is 21.1. The largest absolute Gasteiger partial charge is 0.394 e. The van der Waals surface area contributed by atoms with Crippen molar-refractivity contribution in [3.63, 3.8) is 0 Å². The maximum atomic E-state index is 10.8. The third-order valence-electron chi connectivity index (χ3n) is 6.91. The average Bonchev–Trinajstić information content (AvgIpc) is 2.93. The van der Waals surface area contributed by atoms with Crippen LogP contribution >= 0.6 is 0 Å². The summed E-state index contributed by atoms with van der Waals surface area (Å²) in [6.45, 7) is 1.54. The first-order chi connectivity index (χ1) is 18.6. The molecule has 3 aliphatic heterocycles. The summed E-state index contributed by atoms with van der Waals surface area (Å²) >= 11 is 0. The second-order valence-corrected chi connectivity index (χ2v) is 9.61. The predicted octanol–water partition coefficient (Wildman–Crippen LogP) is -5.58. The van der Waals surface area contributed by atoms with E-state index in [1.807, 2.05) is 0 Å². The Morgan fingerprint density at radius 2 is 1.00 bits per heavy atom. The number of allylic oxidation sites excluding steroid dienone is 1. The van der Waals surface area contributed by atoms with Gasteiger partial charge in [0.15, 0.2) is 18.9 Å². The van der Waals surface area contributed by atoms with Gasteiger partial charge in [0.25, 0.3) is 0 Å². The third kappa shape index (κ3) is 7.31. The molecule has 0 saturated carbocycles. The maximum absolute atomic E-state index is 10.8. The molecule has 3 rings (SSSR count). The quantitative estimate of drug-likeness (QED) is 0.0772. The van der Waals surface area contributed by atoms with Crippen molar-refractivity contribution < 1.29 is 79.5 Å². The smallest absolute Gasteiger partial charge is 0.187 e. The van der Waals surface area contributed by atoms with E-state index in [4.69, 9.17) is 28.4 Å². The van der Waals surface area contributed by atoms with Crippen molar-refractivity contribution in [1.82, 2.24) is 0 Å². The average molecular weight is 573 g/mol. The van der Waals surface area contributed by atoms with Gasteiger partial charge in [-0.25, -0.2) is 0 Å². The number of aliphatic hydroxyl groups excluding tert-OH is 10. The zero-order valence-electron chi connectivity index (χ0n) is 21.1. The maximum Gasteiger partial charge on any atom is 0.187 e. The second-order valence-electron chi connectivity index (χ2n) is 9.61. The molecule has 0 aromatic heterocycles. The molecular weight excluding hydrogens is 532 g/mol. The highest BCUT2D eigenvalue weighted by Crippen LogP contribution is 2.32. The van der Waals surface area contributed by atoms with E-state index in [1.54, 1.807) is 6.08 Å². The molecule has 0 radical (unpaired) electrons. The summed E-state index contributed by atoms with van der Waals surface area (Å²) in [5.41, 5.74) is 0. The normalized spacial score (nSPS) is 47.2. The summed E-state index contributed by atoms with van der Waals surface area (Å²) in [6.07, 6.45) is -21.1. The van der Waals surface area contributed by atoms with Crippen LogP contribution in [0, 0.1) is 0 Å². The molecule has 15 atom stereocenters. The van der Waals surface area contributed by atoms with E-state index in [-0.39, 0.29) is 6.61 Å². The lowest BCUT2D eigenvalue weighted by molar-refractivity contribution is -0.379. The Morgan fingerprint density at radius 1 is 0.564 bits per heavy atom. The monoisotopic (exact) mass is 572 g/mol. The second kappa shape index (κ2) is 14.8. The topological polar surface area (TPSA) is 258 Å². The van der Waals surface area contributed by atoms with Crippen molar-refractivity contribution >= 4 is 0 Å². The van der Waals surface area contributed by atoms with Crippen molar-refractivity contribution in [2.45, 2.75) is 105 Å². The van der Waals surface area contributed by atoms with E-state index in [2.05, 4.69) is 6.58 Å². The Morgan fingerprint density at radius 3 is 1.49 bits per heavy atom. The first kappa shape index (κ1) is 32.6. The molecule has 3 heterocycles. The van der Waals surface area contributed by atoms with Crippen LogP contribution in [0.4, 0.5) is 0 Å². The molecule has 16 nitrogen and oxygen atoms in total. The number of aliphatic hydroxyl groups is 10. The Kier molecular flexibility index (Phi) is 12.4. The molecule has 3 fully saturated rings. The summed E-state index contributed by atoms with van der Waals surface area (Å²) in [5, 5.41) is 102. The molecule has 0 unspecified atom stereocenters. The first-order valence-corrected chi connectivity index (χ1v) is 12.7. The lowest BCUT2D eigenvalue weighted by Crippen LogP contribution is -2.66. The van der Waals surface area contributed by atoms with Crippen molar-refractivity contribution in [3.8, 4) is 0 Å². The lowest BCUT2D eigenvalue weighted by atomic mass is 9.96. The molecule has 16 heteroatoms. The van der Waals surface area contributed by atoms with Crippen LogP contribution in [0.3, 0.4) is 0 Å². The minimum Gasteiger partial charge on any atom is -0.394 e. The fraction of sp³-hybridized carbons (Fsp3) is 0.913. The van der Waals surface area contributed by atoms with Crippen LogP contribution in [0.5, 0.6) is 0 Å². The van der Waals surface area contributed by atoms with Crippen LogP contribution in [0.1, 0.15) is 12.8 Å². The minimum absolute atomic E-state index is 0.175. The molecule has 0 aromatic carbocycles. The number of unbranched alkanes of at least 4 members (excludes halogenated alkanes) is 1. The third-order valence-corrected chi connectivity index (χ3v) is 6.91. The molecule has 228 valence electrons. The van der Waals surface area contributed by atoms with Crippen LogP contribution < -0.4 is 0 Å². The van der Waals surface area contributed by atoms with Gasteiger partial charge in [-0.3, -0.25) is 0 Å². The van der Waals surface area contributed by atoms with Gasteiger partial charge in [-0.2, -0.15) is 0 Å². The Bertz CT molecular complexity index is 739. The summed E-state index contributed by atoms with van der Waals surface area (Å²) < 4.78 is 32.8. The Hall–Kier alpha value is -0.900. The number of hydrogen-bond acceptors (Lipinski definition) is 16. The number of rotatable bonds is 12. The molecule has 0 bridgehead atoms. The molecule has 0 aliphatic carbocycles. The number of hydrogen-bond donors (Lipinski definition) is 10. The highest BCUT2D eigenvalue weighted by atomic mass is 16.8. The molecule has 0 spiro atoms. The summed E-state index contributed by atoms with van der Waals surface area (Å²) in [5.74, 6) is 0. The van der Waals surface area contributed by atoms with Crippen molar-refractivity contribution in [2.24, 2.45) is 0 Å². The molecule has 39 heavy (non-hydrogen) atoms. The fourth-order valence-electron chi connectivity index (χ4n) is 4.61. The van der Waals surface area contributed by atoms with Gasteiger partial charge < -0.3 is 79.5 Å². The van der Waals surface area contributed by atoms with Gasteiger partial charge in [-0.15, -0.1) is 6.58 Å². The Labute approximate surface area is 224 Å². The predicted molar refractivity (Wildman–Crippen MR) is 124 cm³/mol. The van der Waals surface area contributed by atoms with Crippen molar-refractivity contribution in [1.29, 1.82) is 0 Å². The molecule has 0 amide bonds. The van der Waals surface area contributed by atoms with Gasteiger partial charge in [0.1, 0.15) is 73.2 Å². The highest BCUT2D eigenvalue weighted by Gasteiger charge is 2.53. The van der Waals surface area contributed by atoms with Crippen molar-refractivity contribution in [3.05, 3.63) is 12.7 Å². The van der Waals surface area contributed by atoms with E-state index in [1.165, 1.54) is 0 Å². The first-order valence-electron chi connectivity index (χ1n) is 12.7. The standard InChI is InChI=1S/C23H40O16/c1-2-3-4-5-34-21-17(32)14(29)19(10(7-25)36-21)39-23-18(33)15(30)20(11(8-26)37-23)38-22-16(31)13(28)12(27)9(6-24)35-22/h2,9-33H,1,3-8H2/t9-,10-,11-,12+,13+,14-,15-,16-,17-,18-,19-,20+,21-,22-,23+/m1/s1. The van der Waals surface area contributed by atoms with Gasteiger partial charge in [-0.05, 0) is 12.8 Å². The van der Waals surface area contributed by atoms with Crippen LogP contribution in [-0.2, 0) is 28.4 Å².